The number of fused-ring (bicyclic) bond motifs is 1. The van der Waals surface area contributed by atoms with Crippen molar-refractivity contribution in [3.8, 4) is 0 Å². The summed E-state index contributed by atoms with van der Waals surface area (Å²) in [6.07, 6.45) is 0. The molecule has 154 valence electrons. The van der Waals surface area contributed by atoms with Crippen LogP contribution in [0.4, 0.5) is 11.4 Å². The van der Waals surface area contributed by atoms with Crippen molar-refractivity contribution < 1.29 is 14.4 Å². The molecule has 0 bridgehead atoms. The Morgan fingerprint density at radius 3 is 2.35 bits per heavy atom. The second-order valence-electron chi connectivity index (χ2n) is 6.74. The average molecular weight is 450 g/mol. The number of ketones is 1. The van der Waals surface area contributed by atoms with Gasteiger partial charge in [-0.3, -0.25) is 14.4 Å². The standard InChI is InChI=1S/C23H16ClN3O3S/c24-18-14-7-1-2-10-17(14)31-21(18)23(30)27-19-15(8-4-9-16(19)25)20(28)12-5-3-6-13(11-12)22(26)29/h1-11H,25H2,(H2,26,29)(H,27,30). The molecule has 1 aromatic heterocycles. The van der Waals surface area contributed by atoms with Gasteiger partial charge in [-0.15, -0.1) is 11.3 Å². The number of para-hydroxylation sites is 1. The van der Waals surface area contributed by atoms with Gasteiger partial charge in [-0.2, -0.15) is 0 Å². The summed E-state index contributed by atoms with van der Waals surface area (Å²) in [7, 11) is 0. The van der Waals surface area contributed by atoms with Crippen LogP contribution in [0.5, 0.6) is 0 Å². The number of hydrogen-bond donors (Lipinski definition) is 3. The molecule has 0 aliphatic carbocycles. The van der Waals surface area contributed by atoms with E-state index in [1.807, 2.05) is 24.3 Å². The Kier molecular flexibility index (Phi) is 5.46. The molecular formula is C23H16ClN3O3S. The second-order valence-corrected chi connectivity index (χ2v) is 8.17. The first-order valence-corrected chi connectivity index (χ1v) is 10.4. The van der Waals surface area contributed by atoms with E-state index in [2.05, 4.69) is 5.32 Å². The van der Waals surface area contributed by atoms with E-state index in [0.717, 1.165) is 10.1 Å². The Morgan fingerprint density at radius 2 is 1.61 bits per heavy atom. The van der Waals surface area contributed by atoms with E-state index in [4.69, 9.17) is 23.1 Å². The molecule has 0 spiro atoms. The number of thiophene rings is 1. The maximum atomic E-state index is 13.1. The van der Waals surface area contributed by atoms with Gasteiger partial charge in [0.05, 0.1) is 16.4 Å². The van der Waals surface area contributed by atoms with Gasteiger partial charge >= 0.3 is 0 Å². The van der Waals surface area contributed by atoms with Gasteiger partial charge in [-0.25, -0.2) is 0 Å². The molecule has 0 aliphatic rings. The van der Waals surface area contributed by atoms with Gasteiger partial charge in [0.2, 0.25) is 5.91 Å². The van der Waals surface area contributed by atoms with Crippen LogP contribution in [0.15, 0.2) is 66.7 Å². The van der Waals surface area contributed by atoms with Crippen LogP contribution in [0.2, 0.25) is 5.02 Å². The van der Waals surface area contributed by atoms with E-state index in [-0.39, 0.29) is 28.1 Å². The highest BCUT2D eigenvalue weighted by Gasteiger charge is 2.22. The molecule has 3 aromatic carbocycles. The molecule has 4 aromatic rings. The summed E-state index contributed by atoms with van der Waals surface area (Å²) in [5.74, 6) is -1.52. The molecule has 31 heavy (non-hydrogen) atoms. The zero-order valence-electron chi connectivity index (χ0n) is 16.0. The maximum Gasteiger partial charge on any atom is 0.267 e. The lowest BCUT2D eigenvalue weighted by molar-refractivity contribution is 0.0998. The number of anilines is 2. The fourth-order valence-corrected chi connectivity index (χ4v) is 4.61. The van der Waals surface area contributed by atoms with Crippen LogP contribution in [-0.2, 0) is 0 Å². The molecule has 5 N–H and O–H groups in total. The maximum absolute atomic E-state index is 13.1. The number of nitrogens with two attached hydrogens (primary N) is 2. The number of benzene rings is 3. The summed E-state index contributed by atoms with van der Waals surface area (Å²) in [4.78, 5) is 37.9. The average Bonchev–Trinajstić information content (AvgIpc) is 3.11. The minimum atomic E-state index is -0.643. The number of carbonyl (C=O) groups is 3. The first kappa shape index (κ1) is 20.6. The molecule has 0 saturated heterocycles. The second kappa shape index (κ2) is 8.22. The van der Waals surface area contributed by atoms with Gasteiger partial charge in [0.1, 0.15) is 4.88 Å². The number of primary amides is 1. The molecule has 0 atom stereocenters. The van der Waals surface area contributed by atoms with Crippen molar-refractivity contribution in [1.82, 2.24) is 0 Å². The SMILES string of the molecule is NC(=O)c1cccc(C(=O)c2cccc(N)c2NC(=O)c2sc3ccccc3c2Cl)c1. The number of carbonyl (C=O) groups excluding carboxylic acids is 3. The lowest BCUT2D eigenvalue weighted by Crippen LogP contribution is -2.17. The zero-order chi connectivity index (χ0) is 22.1. The Bertz CT molecular complexity index is 1360. The quantitative estimate of drug-likeness (QED) is 0.302. The first-order chi connectivity index (χ1) is 14.9. The third kappa shape index (κ3) is 3.88. The number of nitrogens with one attached hydrogen (secondary N) is 1. The highest BCUT2D eigenvalue weighted by molar-refractivity contribution is 7.21. The molecule has 4 rings (SSSR count). The Balaban J connectivity index is 1.72. The molecule has 8 heteroatoms. The molecule has 2 amide bonds. The van der Waals surface area contributed by atoms with Crippen LogP contribution >= 0.6 is 22.9 Å². The summed E-state index contributed by atoms with van der Waals surface area (Å²) in [5, 5.41) is 3.85. The monoisotopic (exact) mass is 449 g/mol. The molecule has 0 unspecified atom stereocenters. The van der Waals surface area contributed by atoms with Gasteiger partial charge in [-0.1, -0.05) is 48.0 Å². The van der Waals surface area contributed by atoms with Gasteiger partial charge in [-0.05, 0) is 30.3 Å². The Morgan fingerprint density at radius 1 is 0.903 bits per heavy atom. The van der Waals surface area contributed by atoms with Gasteiger partial charge < -0.3 is 16.8 Å². The van der Waals surface area contributed by atoms with Gasteiger partial charge in [0, 0.05) is 26.8 Å². The van der Waals surface area contributed by atoms with Crippen LogP contribution in [0.3, 0.4) is 0 Å². The van der Waals surface area contributed by atoms with E-state index in [0.29, 0.717) is 9.90 Å². The van der Waals surface area contributed by atoms with Crippen LogP contribution < -0.4 is 16.8 Å². The van der Waals surface area contributed by atoms with Crippen molar-refractivity contribution in [2.45, 2.75) is 0 Å². The van der Waals surface area contributed by atoms with Crippen molar-refractivity contribution in [3.63, 3.8) is 0 Å². The lowest BCUT2D eigenvalue weighted by atomic mass is 9.99. The zero-order valence-corrected chi connectivity index (χ0v) is 17.6. The van der Waals surface area contributed by atoms with Crippen molar-refractivity contribution >= 4 is 62.0 Å². The van der Waals surface area contributed by atoms with Crippen LogP contribution in [0, 0.1) is 0 Å². The Labute approximate surface area is 186 Å². The van der Waals surface area contributed by atoms with Gasteiger partial charge in [0.25, 0.3) is 5.91 Å². The van der Waals surface area contributed by atoms with E-state index in [1.54, 1.807) is 30.3 Å². The molecule has 0 fully saturated rings. The topological polar surface area (TPSA) is 115 Å². The van der Waals surface area contributed by atoms with Crippen LogP contribution in [-0.4, -0.2) is 17.6 Å². The minimum Gasteiger partial charge on any atom is -0.397 e. The van der Waals surface area contributed by atoms with Crippen LogP contribution in [0.1, 0.15) is 36.0 Å². The van der Waals surface area contributed by atoms with Crippen molar-refractivity contribution in [2.75, 3.05) is 11.1 Å². The van der Waals surface area contributed by atoms with Crippen molar-refractivity contribution in [3.05, 3.63) is 93.3 Å². The number of amides is 2. The molecule has 0 aliphatic heterocycles. The fraction of sp³-hybridized carbons (Fsp3) is 0. The highest BCUT2D eigenvalue weighted by atomic mass is 35.5. The van der Waals surface area contributed by atoms with E-state index in [1.165, 1.54) is 23.5 Å². The van der Waals surface area contributed by atoms with Gasteiger partial charge in [0.15, 0.2) is 5.78 Å². The summed E-state index contributed by atoms with van der Waals surface area (Å²) in [5.41, 5.74) is 12.4. The van der Waals surface area contributed by atoms with Crippen LogP contribution in [0.25, 0.3) is 10.1 Å². The van der Waals surface area contributed by atoms with Crippen molar-refractivity contribution in [2.24, 2.45) is 5.73 Å². The number of hydrogen-bond acceptors (Lipinski definition) is 5. The molecule has 0 saturated carbocycles. The third-order valence-corrected chi connectivity index (χ3v) is 6.40. The van der Waals surface area contributed by atoms with E-state index < -0.39 is 17.6 Å². The predicted molar refractivity (Wildman–Crippen MR) is 124 cm³/mol. The summed E-state index contributed by atoms with van der Waals surface area (Å²) >= 11 is 7.66. The number of nitrogen functional groups attached to an aromatic ring is 1. The summed E-state index contributed by atoms with van der Waals surface area (Å²) in [6, 6.07) is 18.2. The van der Waals surface area contributed by atoms with E-state index >= 15 is 0 Å². The normalized spacial score (nSPS) is 10.7. The summed E-state index contributed by atoms with van der Waals surface area (Å²) < 4.78 is 0.873. The number of halogens is 1. The Hall–Kier alpha value is -3.68. The largest absolute Gasteiger partial charge is 0.397 e. The predicted octanol–water partition coefficient (Wildman–Crippen LogP) is 4.72. The fourth-order valence-electron chi connectivity index (χ4n) is 3.20. The number of rotatable bonds is 5. The smallest absolute Gasteiger partial charge is 0.267 e. The first-order valence-electron chi connectivity index (χ1n) is 9.18. The lowest BCUT2D eigenvalue weighted by Gasteiger charge is -2.13. The molecular weight excluding hydrogens is 434 g/mol. The molecule has 6 nitrogen and oxygen atoms in total. The van der Waals surface area contributed by atoms with Crippen molar-refractivity contribution in [1.29, 1.82) is 0 Å². The molecule has 1 heterocycles. The molecule has 0 radical (unpaired) electrons. The highest BCUT2D eigenvalue weighted by Crippen LogP contribution is 2.36. The summed E-state index contributed by atoms with van der Waals surface area (Å²) in [6.45, 7) is 0. The van der Waals surface area contributed by atoms with E-state index in [9.17, 15) is 14.4 Å². The minimum absolute atomic E-state index is 0.176. The third-order valence-electron chi connectivity index (χ3n) is 4.73.